The third-order valence-corrected chi connectivity index (χ3v) is 1.69. The topological polar surface area (TPSA) is 55.0 Å². The number of ether oxygens (including phenoxy) is 1. The molecule has 0 saturated carbocycles. The number of aromatic nitrogens is 2. The number of hydrogen-bond donors (Lipinski definition) is 2. The largest absolute Gasteiger partial charge is 0.458 e. The third kappa shape index (κ3) is 2.27. The molecule has 12 heavy (non-hydrogen) atoms. The van der Waals surface area contributed by atoms with Crippen molar-refractivity contribution >= 4 is 18.6 Å². The average Bonchev–Trinajstić information content (AvgIpc) is 2.47. The molecule has 0 aliphatic carbocycles. The van der Waals surface area contributed by atoms with Crippen LogP contribution in [0.15, 0.2) is 6.33 Å². The number of carbonyl (C=O) groups excluding carboxylic acids is 1. The van der Waals surface area contributed by atoms with Crippen LogP contribution < -0.4 is 0 Å². The van der Waals surface area contributed by atoms with E-state index in [2.05, 4.69) is 22.6 Å². The monoisotopic (exact) mass is 186 g/mol. The molecule has 1 heterocycles. The maximum Gasteiger partial charge on any atom is 0.316 e. The summed E-state index contributed by atoms with van der Waals surface area (Å²) in [5.74, 6) is -0.232. The van der Waals surface area contributed by atoms with Crippen molar-refractivity contribution < 1.29 is 9.53 Å². The molecule has 0 saturated heterocycles. The Balaban J connectivity index is 2.43. The van der Waals surface area contributed by atoms with Crippen molar-refractivity contribution in [1.82, 2.24) is 9.97 Å². The van der Waals surface area contributed by atoms with Gasteiger partial charge < -0.3 is 9.72 Å². The molecule has 1 aromatic rings. The van der Waals surface area contributed by atoms with Gasteiger partial charge in [0.05, 0.1) is 17.8 Å². The van der Waals surface area contributed by atoms with E-state index in [1.807, 2.05) is 6.92 Å². The number of thiol groups is 1. The van der Waals surface area contributed by atoms with Crippen LogP contribution in [0.3, 0.4) is 0 Å². The van der Waals surface area contributed by atoms with Crippen LogP contribution in [0.1, 0.15) is 11.4 Å². The van der Waals surface area contributed by atoms with Gasteiger partial charge in [0.25, 0.3) is 0 Å². The molecule has 0 fully saturated rings. The van der Waals surface area contributed by atoms with E-state index in [0.29, 0.717) is 0 Å². The second-order valence-electron chi connectivity index (χ2n) is 2.29. The highest BCUT2D eigenvalue weighted by Crippen LogP contribution is 2.02. The summed E-state index contributed by atoms with van der Waals surface area (Å²) in [5.41, 5.74) is 1.67. The molecule has 0 aromatic carbocycles. The Morgan fingerprint density at radius 2 is 2.58 bits per heavy atom. The van der Waals surface area contributed by atoms with E-state index >= 15 is 0 Å². The molecule has 1 aromatic heterocycles. The van der Waals surface area contributed by atoms with Gasteiger partial charge in [-0.1, -0.05) is 0 Å². The van der Waals surface area contributed by atoms with Crippen LogP contribution >= 0.6 is 12.6 Å². The standard InChI is InChI=1S/C7H10N2O2S/c1-5-6(9-4-8-5)2-11-7(10)3-12/h4,12H,2-3H2,1H3,(H,8,9). The fourth-order valence-corrected chi connectivity index (χ4v) is 0.818. The molecule has 5 heteroatoms. The van der Waals surface area contributed by atoms with Gasteiger partial charge >= 0.3 is 5.97 Å². The number of H-pyrrole nitrogens is 1. The summed E-state index contributed by atoms with van der Waals surface area (Å²) < 4.78 is 4.82. The molecule has 0 radical (unpaired) electrons. The Bertz CT molecular complexity index is 272. The first-order chi connectivity index (χ1) is 5.74. The number of esters is 1. The average molecular weight is 186 g/mol. The van der Waals surface area contributed by atoms with Gasteiger partial charge in [0, 0.05) is 5.69 Å². The Hall–Kier alpha value is -0.970. The molecule has 0 amide bonds. The molecule has 1 rings (SSSR count). The fraction of sp³-hybridized carbons (Fsp3) is 0.429. The van der Waals surface area contributed by atoms with Crippen molar-refractivity contribution in [3.63, 3.8) is 0 Å². The van der Waals surface area contributed by atoms with Gasteiger partial charge in [-0.05, 0) is 6.92 Å². The summed E-state index contributed by atoms with van der Waals surface area (Å²) in [4.78, 5) is 17.5. The van der Waals surface area contributed by atoms with E-state index in [1.54, 1.807) is 6.33 Å². The zero-order chi connectivity index (χ0) is 8.97. The van der Waals surface area contributed by atoms with Gasteiger partial charge in [-0.2, -0.15) is 12.6 Å². The van der Waals surface area contributed by atoms with Gasteiger partial charge in [0.1, 0.15) is 6.61 Å². The van der Waals surface area contributed by atoms with Crippen LogP contribution in [0.5, 0.6) is 0 Å². The maximum atomic E-state index is 10.7. The lowest BCUT2D eigenvalue weighted by Crippen LogP contribution is -2.06. The highest BCUT2D eigenvalue weighted by molar-refractivity contribution is 7.81. The Morgan fingerprint density at radius 3 is 3.08 bits per heavy atom. The predicted octanol–water partition coefficient (Wildman–Crippen LogP) is 0.691. The molecule has 0 aliphatic heterocycles. The quantitative estimate of drug-likeness (QED) is 0.539. The number of aryl methyl sites for hydroxylation is 1. The van der Waals surface area contributed by atoms with Gasteiger partial charge in [-0.25, -0.2) is 4.98 Å². The Labute approximate surface area is 75.8 Å². The van der Waals surface area contributed by atoms with Gasteiger partial charge in [0.2, 0.25) is 0 Å². The second-order valence-corrected chi connectivity index (χ2v) is 2.61. The first-order valence-electron chi connectivity index (χ1n) is 3.49. The van der Waals surface area contributed by atoms with E-state index in [4.69, 9.17) is 4.74 Å². The van der Waals surface area contributed by atoms with Crippen LogP contribution in [0.2, 0.25) is 0 Å². The second kappa shape index (κ2) is 4.15. The number of imidazole rings is 1. The Morgan fingerprint density at radius 1 is 1.83 bits per heavy atom. The van der Waals surface area contributed by atoms with Crippen LogP contribution in [0.4, 0.5) is 0 Å². The summed E-state index contributed by atoms with van der Waals surface area (Å²) in [6.07, 6.45) is 1.57. The first kappa shape index (κ1) is 9.12. The molecule has 0 aliphatic rings. The normalized spacial score (nSPS) is 9.83. The smallest absolute Gasteiger partial charge is 0.316 e. The first-order valence-corrected chi connectivity index (χ1v) is 4.12. The maximum absolute atomic E-state index is 10.7. The van der Waals surface area contributed by atoms with Crippen molar-refractivity contribution in [3.05, 3.63) is 17.7 Å². The molecule has 0 bridgehead atoms. The van der Waals surface area contributed by atoms with Gasteiger partial charge in [-0.3, -0.25) is 4.79 Å². The zero-order valence-electron chi connectivity index (χ0n) is 6.70. The molecule has 66 valence electrons. The van der Waals surface area contributed by atoms with Crippen molar-refractivity contribution in [3.8, 4) is 0 Å². The summed E-state index contributed by atoms with van der Waals surface area (Å²) in [5, 5.41) is 0. The molecule has 0 spiro atoms. The highest BCUT2D eigenvalue weighted by Gasteiger charge is 2.03. The number of hydrogen-bond acceptors (Lipinski definition) is 4. The minimum Gasteiger partial charge on any atom is -0.458 e. The highest BCUT2D eigenvalue weighted by atomic mass is 32.1. The number of aromatic amines is 1. The van der Waals surface area contributed by atoms with E-state index in [-0.39, 0.29) is 18.3 Å². The van der Waals surface area contributed by atoms with Crippen molar-refractivity contribution in [2.75, 3.05) is 5.75 Å². The minimum absolute atomic E-state index is 0.101. The number of carbonyl (C=O) groups is 1. The number of rotatable bonds is 3. The van der Waals surface area contributed by atoms with E-state index in [1.165, 1.54) is 0 Å². The van der Waals surface area contributed by atoms with Crippen LogP contribution in [0.25, 0.3) is 0 Å². The number of nitrogens with zero attached hydrogens (tertiary/aromatic N) is 1. The molecular weight excluding hydrogens is 176 g/mol. The van der Waals surface area contributed by atoms with Crippen LogP contribution in [-0.4, -0.2) is 21.7 Å². The van der Waals surface area contributed by atoms with Crippen LogP contribution in [-0.2, 0) is 16.1 Å². The zero-order valence-corrected chi connectivity index (χ0v) is 7.60. The predicted molar refractivity (Wildman–Crippen MR) is 47.0 cm³/mol. The van der Waals surface area contributed by atoms with E-state index < -0.39 is 0 Å². The molecule has 4 nitrogen and oxygen atoms in total. The van der Waals surface area contributed by atoms with E-state index in [9.17, 15) is 4.79 Å². The molecular formula is C7H10N2O2S. The fourth-order valence-electron chi connectivity index (χ4n) is 0.727. The third-order valence-electron chi connectivity index (χ3n) is 1.43. The van der Waals surface area contributed by atoms with Crippen molar-refractivity contribution in [1.29, 1.82) is 0 Å². The molecule has 0 unspecified atom stereocenters. The van der Waals surface area contributed by atoms with E-state index in [0.717, 1.165) is 11.4 Å². The summed E-state index contributed by atoms with van der Waals surface area (Å²) in [6, 6.07) is 0. The van der Waals surface area contributed by atoms with Gasteiger partial charge in [0.15, 0.2) is 0 Å². The Kier molecular flexibility index (Phi) is 3.16. The summed E-state index contributed by atoms with van der Waals surface area (Å²) in [6.45, 7) is 2.09. The van der Waals surface area contributed by atoms with Crippen molar-refractivity contribution in [2.24, 2.45) is 0 Å². The van der Waals surface area contributed by atoms with Crippen LogP contribution in [0, 0.1) is 6.92 Å². The molecule has 0 atom stereocenters. The SMILES string of the molecule is Cc1[nH]cnc1COC(=O)CS. The lowest BCUT2D eigenvalue weighted by molar-refractivity contribution is -0.141. The summed E-state index contributed by atoms with van der Waals surface area (Å²) >= 11 is 3.77. The number of nitrogens with one attached hydrogen (secondary N) is 1. The molecule has 1 N–H and O–H groups in total. The summed E-state index contributed by atoms with van der Waals surface area (Å²) in [7, 11) is 0. The minimum atomic E-state index is -0.333. The van der Waals surface area contributed by atoms with Crippen molar-refractivity contribution in [2.45, 2.75) is 13.5 Å². The lowest BCUT2D eigenvalue weighted by atomic mass is 10.4. The lowest BCUT2D eigenvalue weighted by Gasteiger charge is -1.99. The van der Waals surface area contributed by atoms with Gasteiger partial charge in [-0.15, -0.1) is 0 Å².